The van der Waals surface area contributed by atoms with Crippen LogP contribution in [-0.2, 0) is 4.79 Å². The van der Waals surface area contributed by atoms with Crippen LogP contribution < -0.4 is 10.5 Å². The number of likely N-dealkylation sites (tertiary alicyclic amines) is 1. The summed E-state index contributed by atoms with van der Waals surface area (Å²) in [6.07, 6.45) is 2.00. The molecule has 0 atom stereocenters. The molecule has 1 amide bonds. The van der Waals surface area contributed by atoms with E-state index in [1.54, 1.807) is 7.11 Å². The number of methoxy groups -OCH3 is 1. The number of hydrogen-bond donors (Lipinski definition) is 1. The van der Waals surface area contributed by atoms with E-state index in [2.05, 4.69) is 12.1 Å². The SMILES string of the molecule is COc1cccc(C2CCN(C(=O)CN)CC2)c1. The molecule has 2 N–H and O–H groups in total. The molecule has 0 aliphatic carbocycles. The van der Waals surface area contributed by atoms with E-state index in [0.29, 0.717) is 5.92 Å². The first kappa shape index (κ1) is 12.9. The first-order valence-corrected chi connectivity index (χ1v) is 6.36. The molecule has 0 radical (unpaired) electrons. The lowest BCUT2D eigenvalue weighted by atomic mass is 9.89. The molecule has 4 nitrogen and oxygen atoms in total. The van der Waals surface area contributed by atoms with Crippen LogP contribution in [0.5, 0.6) is 5.75 Å². The molecular formula is C14H20N2O2. The van der Waals surface area contributed by atoms with Crippen LogP contribution in [0.3, 0.4) is 0 Å². The number of hydrogen-bond acceptors (Lipinski definition) is 3. The van der Waals surface area contributed by atoms with E-state index in [1.807, 2.05) is 17.0 Å². The number of piperidine rings is 1. The normalized spacial score (nSPS) is 16.7. The standard InChI is InChI=1S/C14H20N2O2/c1-18-13-4-2-3-12(9-13)11-5-7-16(8-6-11)14(17)10-15/h2-4,9,11H,5-8,10,15H2,1H3. The number of carbonyl (C=O) groups excluding carboxylic acids is 1. The van der Waals surface area contributed by atoms with Gasteiger partial charge >= 0.3 is 0 Å². The lowest BCUT2D eigenvalue weighted by Gasteiger charge is -2.32. The van der Waals surface area contributed by atoms with Crippen molar-refractivity contribution in [3.63, 3.8) is 0 Å². The van der Waals surface area contributed by atoms with E-state index in [-0.39, 0.29) is 12.5 Å². The van der Waals surface area contributed by atoms with Crippen LogP contribution in [0, 0.1) is 0 Å². The quantitative estimate of drug-likeness (QED) is 0.878. The third-order valence-electron chi connectivity index (χ3n) is 3.59. The highest BCUT2D eigenvalue weighted by molar-refractivity contribution is 5.78. The third-order valence-corrected chi connectivity index (χ3v) is 3.59. The van der Waals surface area contributed by atoms with Gasteiger partial charge in [0.1, 0.15) is 5.75 Å². The van der Waals surface area contributed by atoms with Crippen LogP contribution in [0.1, 0.15) is 24.3 Å². The van der Waals surface area contributed by atoms with Crippen LogP contribution in [0.2, 0.25) is 0 Å². The van der Waals surface area contributed by atoms with Crippen LogP contribution in [0.25, 0.3) is 0 Å². The van der Waals surface area contributed by atoms with Gasteiger partial charge in [-0.25, -0.2) is 0 Å². The van der Waals surface area contributed by atoms with E-state index in [4.69, 9.17) is 10.5 Å². The minimum Gasteiger partial charge on any atom is -0.497 e. The molecule has 1 saturated heterocycles. The number of benzene rings is 1. The molecule has 1 fully saturated rings. The van der Waals surface area contributed by atoms with Gasteiger partial charge < -0.3 is 15.4 Å². The lowest BCUT2D eigenvalue weighted by molar-refractivity contribution is -0.130. The molecule has 1 aromatic carbocycles. The fraction of sp³-hybridized carbons (Fsp3) is 0.500. The van der Waals surface area contributed by atoms with Crippen LogP contribution in [0.15, 0.2) is 24.3 Å². The summed E-state index contributed by atoms with van der Waals surface area (Å²) in [5, 5.41) is 0. The number of carbonyl (C=O) groups is 1. The fourth-order valence-corrected chi connectivity index (χ4v) is 2.49. The van der Waals surface area contributed by atoms with Crippen molar-refractivity contribution in [2.24, 2.45) is 5.73 Å². The molecular weight excluding hydrogens is 228 g/mol. The highest BCUT2D eigenvalue weighted by atomic mass is 16.5. The van der Waals surface area contributed by atoms with Crippen molar-refractivity contribution in [1.82, 2.24) is 4.90 Å². The molecule has 18 heavy (non-hydrogen) atoms. The number of nitrogens with two attached hydrogens (primary N) is 1. The third kappa shape index (κ3) is 2.82. The number of amides is 1. The maximum absolute atomic E-state index is 11.5. The number of rotatable bonds is 3. The molecule has 0 spiro atoms. The van der Waals surface area contributed by atoms with Gasteiger partial charge in [0, 0.05) is 13.1 Å². The maximum Gasteiger partial charge on any atom is 0.236 e. The predicted molar refractivity (Wildman–Crippen MR) is 70.6 cm³/mol. The number of ether oxygens (including phenoxy) is 1. The van der Waals surface area contributed by atoms with Gasteiger partial charge in [0.15, 0.2) is 0 Å². The summed E-state index contributed by atoms with van der Waals surface area (Å²) < 4.78 is 5.24. The molecule has 0 bridgehead atoms. The first-order chi connectivity index (χ1) is 8.74. The minimum atomic E-state index is 0.0547. The summed E-state index contributed by atoms with van der Waals surface area (Å²) >= 11 is 0. The van der Waals surface area contributed by atoms with E-state index >= 15 is 0 Å². The van der Waals surface area contributed by atoms with E-state index in [1.165, 1.54) is 5.56 Å². The Labute approximate surface area is 108 Å². The minimum absolute atomic E-state index is 0.0547. The van der Waals surface area contributed by atoms with Crippen molar-refractivity contribution in [3.05, 3.63) is 29.8 Å². The second kappa shape index (κ2) is 5.87. The van der Waals surface area contributed by atoms with Gasteiger partial charge in [-0.3, -0.25) is 4.79 Å². The molecule has 0 unspecified atom stereocenters. The van der Waals surface area contributed by atoms with Gasteiger partial charge in [-0.15, -0.1) is 0 Å². The second-order valence-electron chi connectivity index (χ2n) is 4.64. The zero-order chi connectivity index (χ0) is 13.0. The summed E-state index contributed by atoms with van der Waals surface area (Å²) in [6.45, 7) is 1.72. The van der Waals surface area contributed by atoms with Crippen LogP contribution >= 0.6 is 0 Å². The van der Waals surface area contributed by atoms with E-state index in [0.717, 1.165) is 31.7 Å². The zero-order valence-electron chi connectivity index (χ0n) is 10.8. The summed E-state index contributed by atoms with van der Waals surface area (Å²) in [5.41, 5.74) is 6.68. The summed E-state index contributed by atoms with van der Waals surface area (Å²) in [6, 6.07) is 8.20. The Bertz CT molecular complexity index is 412. The molecule has 0 saturated carbocycles. The van der Waals surface area contributed by atoms with Gasteiger partial charge in [-0.1, -0.05) is 12.1 Å². The average Bonchev–Trinajstić information content (AvgIpc) is 2.46. The highest BCUT2D eigenvalue weighted by Gasteiger charge is 2.23. The first-order valence-electron chi connectivity index (χ1n) is 6.36. The Balaban J connectivity index is 1.98. The Morgan fingerprint density at radius 2 is 2.17 bits per heavy atom. The van der Waals surface area contributed by atoms with Crippen molar-refractivity contribution >= 4 is 5.91 Å². The van der Waals surface area contributed by atoms with Crippen molar-refractivity contribution in [3.8, 4) is 5.75 Å². The molecule has 2 rings (SSSR count). The maximum atomic E-state index is 11.5. The lowest BCUT2D eigenvalue weighted by Crippen LogP contribution is -2.41. The molecule has 1 aromatic rings. The molecule has 1 aliphatic heterocycles. The van der Waals surface area contributed by atoms with Crippen molar-refractivity contribution in [2.45, 2.75) is 18.8 Å². The van der Waals surface area contributed by atoms with Crippen LogP contribution in [-0.4, -0.2) is 37.6 Å². The van der Waals surface area contributed by atoms with Gasteiger partial charge in [0.25, 0.3) is 0 Å². The Kier molecular flexibility index (Phi) is 4.20. The Morgan fingerprint density at radius 1 is 1.44 bits per heavy atom. The fourth-order valence-electron chi connectivity index (χ4n) is 2.49. The van der Waals surface area contributed by atoms with E-state index in [9.17, 15) is 4.79 Å². The van der Waals surface area contributed by atoms with Crippen molar-refractivity contribution < 1.29 is 9.53 Å². The second-order valence-corrected chi connectivity index (χ2v) is 4.64. The number of nitrogens with zero attached hydrogens (tertiary/aromatic N) is 1. The molecule has 4 heteroatoms. The molecule has 1 aliphatic rings. The van der Waals surface area contributed by atoms with Crippen molar-refractivity contribution in [1.29, 1.82) is 0 Å². The monoisotopic (exact) mass is 248 g/mol. The van der Waals surface area contributed by atoms with E-state index < -0.39 is 0 Å². The van der Waals surface area contributed by atoms with Crippen LogP contribution in [0.4, 0.5) is 0 Å². The molecule has 1 heterocycles. The summed E-state index contributed by atoms with van der Waals surface area (Å²) in [5.74, 6) is 1.47. The average molecular weight is 248 g/mol. The highest BCUT2D eigenvalue weighted by Crippen LogP contribution is 2.29. The largest absolute Gasteiger partial charge is 0.497 e. The van der Waals surface area contributed by atoms with Gasteiger partial charge in [0.2, 0.25) is 5.91 Å². The molecule has 0 aromatic heterocycles. The summed E-state index contributed by atoms with van der Waals surface area (Å²) in [4.78, 5) is 13.3. The summed E-state index contributed by atoms with van der Waals surface area (Å²) in [7, 11) is 1.68. The van der Waals surface area contributed by atoms with Gasteiger partial charge in [-0.05, 0) is 36.5 Å². The smallest absolute Gasteiger partial charge is 0.236 e. The Morgan fingerprint density at radius 3 is 2.78 bits per heavy atom. The Hall–Kier alpha value is -1.55. The zero-order valence-corrected chi connectivity index (χ0v) is 10.8. The topological polar surface area (TPSA) is 55.6 Å². The molecule has 98 valence electrons. The van der Waals surface area contributed by atoms with Gasteiger partial charge in [0.05, 0.1) is 13.7 Å². The van der Waals surface area contributed by atoms with Crippen molar-refractivity contribution in [2.75, 3.05) is 26.7 Å². The van der Waals surface area contributed by atoms with Gasteiger partial charge in [-0.2, -0.15) is 0 Å². The predicted octanol–water partition coefficient (Wildman–Crippen LogP) is 1.36.